The maximum Gasteiger partial charge on any atom is 0.0455 e. The quantitative estimate of drug-likeness (QED) is 0.759. The second kappa shape index (κ2) is 4.28. The van der Waals surface area contributed by atoms with Crippen LogP contribution in [-0.2, 0) is 0 Å². The van der Waals surface area contributed by atoms with Gasteiger partial charge in [0.2, 0.25) is 0 Å². The van der Waals surface area contributed by atoms with Crippen molar-refractivity contribution < 1.29 is 0 Å². The SMILES string of the molecule is Nc1cccc(Sc2ccccc2N)c1. The van der Waals surface area contributed by atoms with Gasteiger partial charge in [-0.2, -0.15) is 0 Å². The molecule has 0 aliphatic rings. The van der Waals surface area contributed by atoms with Crippen LogP contribution in [0.4, 0.5) is 11.4 Å². The van der Waals surface area contributed by atoms with Gasteiger partial charge >= 0.3 is 0 Å². The predicted octanol–water partition coefficient (Wildman–Crippen LogP) is 3.00. The highest BCUT2D eigenvalue weighted by Gasteiger charge is 2.00. The molecule has 15 heavy (non-hydrogen) atoms. The fourth-order valence-corrected chi connectivity index (χ4v) is 2.21. The van der Waals surface area contributed by atoms with Crippen molar-refractivity contribution in [1.29, 1.82) is 0 Å². The highest BCUT2D eigenvalue weighted by Crippen LogP contribution is 2.32. The lowest BCUT2D eigenvalue weighted by Gasteiger charge is -2.05. The molecule has 2 rings (SSSR count). The zero-order valence-corrected chi connectivity index (χ0v) is 9.00. The lowest BCUT2D eigenvalue weighted by Crippen LogP contribution is -1.88. The Bertz CT molecular complexity index is 469. The number of hydrogen-bond acceptors (Lipinski definition) is 3. The lowest BCUT2D eigenvalue weighted by atomic mass is 10.3. The van der Waals surface area contributed by atoms with Gasteiger partial charge in [0.25, 0.3) is 0 Å². The third-order valence-electron chi connectivity index (χ3n) is 2.00. The Labute approximate surface area is 93.3 Å². The smallest absolute Gasteiger partial charge is 0.0455 e. The van der Waals surface area contributed by atoms with Crippen LogP contribution < -0.4 is 11.5 Å². The number of hydrogen-bond donors (Lipinski definition) is 2. The van der Waals surface area contributed by atoms with Crippen molar-refractivity contribution in [3.63, 3.8) is 0 Å². The minimum Gasteiger partial charge on any atom is -0.399 e. The summed E-state index contributed by atoms with van der Waals surface area (Å²) in [4.78, 5) is 2.16. The molecule has 0 saturated heterocycles. The Hall–Kier alpha value is -1.61. The van der Waals surface area contributed by atoms with E-state index in [1.807, 2.05) is 48.5 Å². The third kappa shape index (κ3) is 2.44. The molecule has 0 radical (unpaired) electrons. The van der Waals surface area contributed by atoms with E-state index in [1.165, 1.54) is 0 Å². The van der Waals surface area contributed by atoms with Gasteiger partial charge in [-0.25, -0.2) is 0 Å². The van der Waals surface area contributed by atoms with Gasteiger partial charge < -0.3 is 11.5 Å². The average molecular weight is 216 g/mol. The molecule has 0 atom stereocenters. The highest BCUT2D eigenvalue weighted by atomic mass is 32.2. The molecule has 3 heteroatoms. The zero-order valence-electron chi connectivity index (χ0n) is 8.18. The van der Waals surface area contributed by atoms with Crippen molar-refractivity contribution in [2.75, 3.05) is 11.5 Å². The second-order valence-electron chi connectivity index (χ2n) is 3.21. The van der Waals surface area contributed by atoms with Crippen molar-refractivity contribution in [2.24, 2.45) is 0 Å². The van der Waals surface area contributed by atoms with Crippen molar-refractivity contribution in [2.45, 2.75) is 9.79 Å². The van der Waals surface area contributed by atoms with Crippen molar-refractivity contribution >= 4 is 23.1 Å². The number of para-hydroxylation sites is 1. The molecule has 0 amide bonds. The first-order valence-electron chi connectivity index (χ1n) is 4.63. The Morgan fingerprint density at radius 3 is 2.40 bits per heavy atom. The zero-order chi connectivity index (χ0) is 10.7. The molecule has 2 nitrogen and oxygen atoms in total. The molecule has 0 spiro atoms. The monoisotopic (exact) mass is 216 g/mol. The van der Waals surface area contributed by atoms with Gasteiger partial charge in [0.15, 0.2) is 0 Å². The molecular formula is C12H12N2S. The predicted molar refractivity (Wildman–Crippen MR) is 65.8 cm³/mol. The van der Waals surface area contributed by atoms with E-state index in [0.717, 1.165) is 21.2 Å². The summed E-state index contributed by atoms with van der Waals surface area (Å²) >= 11 is 1.62. The summed E-state index contributed by atoms with van der Waals surface area (Å²) in [5.74, 6) is 0. The van der Waals surface area contributed by atoms with E-state index in [0.29, 0.717) is 0 Å². The summed E-state index contributed by atoms with van der Waals surface area (Å²) in [7, 11) is 0. The van der Waals surface area contributed by atoms with E-state index in [2.05, 4.69) is 0 Å². The summed E-state index contributed by atoms with van der Waals surface area (Å²) in [5, 5.41) is 0. The molecule has 0 unspecified atom stereocenters. The molecule has 0 aliphatic heterocycles. The van der Waals surface area contributed by atoms with E-state index >= 15 is 0 Å². The Balaban J connectivity index is 2.26. The third-order valence-corrected chi connectivity index (χ3v) is 3.09. The molecule has 0 bridgehead atoms. The largest absolute Gasteiger partial charge is 0.399 e. The minimum atomic E-state index is 0.773. The Morgan fingerprint density at radius 2 is 1.67 bits per heavy atom. The first-order valence-corrected chi connectivity index (χ1v) is 5.45. The van der Waals surface area contributed by atoms with Crippen molar-refractivity contribution in [3.05, 3.63) is 48.5 Å². The van der Waals surface area contributed by atoms with E-state index < -0.39 is 0 Å². The van der Waals surface area contributed by atoms with Crippen molar-refractivity contribution in [1.82, 2.24) is 0 Å². The molecule has 2 aromatic rings. The normalized spacial score (nSPS) is 10.1. The van der Waals surface area contributed by atoms with Crippen LogP contribution in [0.1, 0.15) is 0 Å². The maximum absolute atomic E-state index is 5.85. The number of nitrogens with two attached hydrogens (primary N) is 2. The minimum absolute atomic E-state index is 0.773. The van der Waals surface area contributed by atoms with Gasteiger partial charge in [0.1, 0.15) is 0 Å². The van der Waals surface area contributed by atoms with Gasteiger partial charge in [-0.05, 0) is 30.3 Å². The number of rotatable bonds is 2. The molecule has 0 aromatic heterocycles. The van der Waals surface area contributed by atoms with Crippen LogP contribution >= 0.6 is 11.8 Å². The van der Waals surface area contributed by atoms with Crippen LogP contribution in [0.3, 0.4) is 0 Å². The highest BCUT2D eigenvalue weighted by molar-refractivity contribution is 7.99. The van der Waals surface area contributed by atoms with Crippen LogP contribution in [0.15, 0.2) is 58.3 Å². The average Bonchev–Trinajstić information content (AvgIpc) is 2.22. The van der Waals surface area contributed by atoms with Crippen LogP contribution in [-0.4, -0.2) is 0 Å². The number of benzene rings is 2. The fraction of sp³-hybridized carbons (Fsp3) is 0. The van der Waals surface area contributed by atoms with Gasteiger partial charge in [0.05, 0.1) is 0 Å². The molecular weight excluding hydrogens is 204 g/mol. The van der Waals surface area contributed by atoms with Gasteiger partial charge in [-0.15, -0.1) is 0 Å². The van der Waals surface area contributed by atoms with E-state index in [9.17, 15) is 0 Å². The topological polar surface area (TPSA) is 52.0 Å². The number of anilines is 2. The molecule has 4 N–H and O–H groups in total. The molecule has 0 aliphatic carbocycles. The Morgan fingerprint density at radius 1 is 0.867 bits per heavy atom. The van der Waals surface area contributed by atoms with Crippen LogP contribution in [0.2, 0.25) is 0 Å². The summed E-state index contributed by atoms with van der Waals surface area (Å²) in [6.45, 7) is 0. The summed E-state index contributed by atoms with van der Waals surface area (Å²) < 4.78 is 0. The summed E-state index contributed by atoms with van der Waals surface area (Å²) in [5.41, 5.74) is 13.1. The number of nitrogen functional groups attached to an aromatic ring is 2. The molecule has 76 valence electrons. The van der Waals surface area contributed by atoms with Crippen LogP contribution in [0, 0.1) is 0 Å². The maximum atomic E-state index is 5.85. The van der Waals surface area contributed by atoms with E-state index in [4.69, 9.17) is 11.5 Å². The molecule has 0 heterocycles. The molecule has 0 saturated carbocycles. The van der Waals surface area contributed by atoms with Crippen LogP contribution in [0.5, 0.6) is 0 Å². The van der Waals surface area contributed by atoms with Crippen LogP contribution in [0.25, 0.3) is 0 Å². The van der Waals surface area contributed by atoms with E-state index in [1.54, 1.807) is 11.8 Å². The van der Waals surface area contributed by atoms with Gasteiger partial charge in [0, 0.05) is 21.2 Å². The first-order chi connectivity index (χ1) is 7.25. The van der Waals surface area contributed by atoms with Gasteiger partial charge in [-0.1, -0.05) is 30.0 Å². The molecule has 0 fully saturated rings. The standard InChI is InChI=1S/C12H12N2S/c13-9-4-3-5-10(8-9)15-12-7-2-1-6-11(12)14/h1-8H,13-14H2. The van der Waals surface area contributed by atoms with Gasteiger partial charge in [-0.3, -0.25) is 0 Å². The summed E-state index contributed by atoms with van der Waals surface area (Å²) in [6.07, 6.45) is 0. The summed E-state index contributed by atoms with van der Waals surface area (Å²) in [6, 6.07) is 15.6. The second-order valence-corrected chi connectivity index (χ2v) is 4.33. The Kier molecular flexibility index (Phi) is 2.83. The first kappa shape index (κ1) is 9.93. The van der Waals surface area contributed by atoms with E-state index in [-0.39, 0.29) is 0 Å². The molecule has 2 aromatic carbocycles. The fourth-order valence-electron chi connectivity index (χ4n) is 1.28. The van der Waals surface area contributed by atoms with Crippen molar-refractivity contribution in [3.8, 4) is 0 Å². The lowest BCUT2D eigenvalue weighted by molar-refractivity contribution is 1.41.